The number of amides is 2. The van der Waals surface area contributed by atoms with E-state index in [9.17, 15) is 19.8 Å². The third-order valence-corrected chi connectivity index (χ3v) is 8.10. The molecule has 1 aromatic carbocycles. The monoisotopic (exact) mass is 550 g/mol. The zero-order valence-corrected chi connectivity index (χ0v) is 22.9. The summed E-state index contributed by atoms with van der Waals surface area (Å²) in [4.78, 5) is 27.0. The predicted octanol–water partition coefficient (Wildman–Crippen LogP) is 2.73. The first-order valence-electron chi connectivity index (χ1n) is 12.5. The van der Waals surface area contributed by atoms with Gasteiger partial charge in [0.2, 0.25) is 5.91 Å². The molecule has 2 saturated heterocycles. The summed E-state index contributed by atoms with van der Waals surface area (Å²) in [6, 6.07) is 3.59. The fraction of sp³-hybridized carbons (Fsp3) is 0.556. The number of anilines is 1. The molecular formula is C27H35ClN2O8. The van der Waals surface area contributed by atoms with Crippen molar-refractivity contribution in [3.63, 3.8) is 0 Å². The van der Waals surface area contributed by atoms with E-state index in [-0.39, 0.29) is 29.7 Å². The number of allylic oxidation sites excluding steroid dienone is 3. The summed E-state index contributed by atoms with van der Waals surface area (Å²) in [6.45, 7) is 3.54. The average molecular weight is 551 g/mol. The topological polar surface area (TPSA) is 130 Å². The maximum atomic E-state index is 13.2. The minimum atomic E-state index is -1.72. The number of aliphatic hydroxyl groups excluding tert-OH is 1. The molecule has 0 saturated carbocycles. The summed E-state index contributed by atoms with van der Waals surface area (Å²) in [6.07, 6.45) is 3.36. The Balaban J connectivity index is 1.71. The average Bonchev–Trinajstić information content (AvgIpc) is 3.57. The highest BCUT2D eigenvalue weighted by Crippen LogP contribution is 2.48. The molecule has 4 rings (SSSR count). The van der Waals surface area contributed by atoms with Crippen molar-refractivity contribution in [3.8, 4) is 5.75 Å². The van der Waals surface area contributed by atoms with Crippen LogP contribution in [-0.2, 0) is 25.4 Å². The number of methoxy groups -OCH3 is 2. The van der Waals surface area contributed by atoms with Gasteiger partial charge in [0.05, 0.1) is 31.4 Å². The van der Waals surface area contributed by atoms with E-state index in [0.29, 0.717) is 17.9 Å². The van der Waals surface area contributed by atoms with Crippen LogP contribution in [-0.4, -0.2) is 79.2 Å². The Kier molecular flexibility index (Phi) is 8.11. The van der Waals surface area contributed by atoms with Crippen LogP contribution >= 0.6 is 11.6 Å². The van der Waals surface area contributed by atoms with Crippen molar-refractivity contribution in [2.75, 3.05) is 26.2 Å². The second kappa shape index (κ2) is 10.9. The van der Waals surface area contributed by atoms with Gasteiger partial charge in [-0.25, -0.2) is 4.79 Å². The van der Waals surface area contributed by atoms with E-state index in [1.807, 2.05) is 13.0 Å². The van der Waals surface area contributed by atoms with Crippen molar-refractivity contribution in [1.29, 1.82) is 0 Å². The van der Waals surface area contributed by atoms with Crippen molar-refractivity contribution < 1.29 is 38.7 Å². The maximum Gasteiger partial charge on any atom is 0.409 e. The quantitative estimate of drug-likeness (QED) is 0.479. The van der Waals surface area contributed by atoms with Crippen LogP contribution in [0.3, 0.4) is 0 Å². The van der Waals surface area contributed by atoms with E-state index in [1.54, 1.807) is 44.3 Å². The molecule has 3 aliphatic rings. The van der Waals surface area contributed by atoms with Gasteiger partial charge in [-0.05, 0) is 31.0 Å². The molecule has 4 bridgehead atoms. The summed E-state index contributed by atoms with van der Waals surface area (Å²) >= 11 is 6.54. The molecular weight excluding hydrogens is 516 g/mol. The minimum Gasteiger partial charge on any atom is -0.495 e. The molecule has 0 aromatic heterocycles. The van der Waals surface area contributed by atoms with E-state index in [1.165, 1.54) is 19.1 Å². The maximum absolute atomic E-state index is 13.2. The Morgan fingerprint density at radius 3 is 2.66 bits per heavy atom. The lowest BCUT2D eigenvalue weighted by Gasteiger charge is -2.42. The standard InChI is InChI=1S/C27H35ClN2O8/c1-15-19-14-27(34,29-25(33)37-19)21(36-5)10-8-6-7-9-16-11-17(23(28)18(12-16)35-4)30(3)22(32)13-20(31)26(2)24(15)38-26/h6-8,10-12,15,19-21,24,31,34H,9,13-14H2,1-5H3,(H,29,33)/b7-6+,10-8+/t15-,19+,20+,21-,24+,26+,27+/m1/s1. The van der Waals surface area contributed by atoms with Gasteiger partial charge in [-0.3, -0.25) is 10.1 Å². The minimum absolute atomic E-state index is 0.0320. The number of epoxide rings is 1. The molecule has 0 radical (unpaired) electrons. The van der Waals surface area contributed by atoms with Crippen molar-refractivity contribution in [3.05, 3.63) is 47.0 Å². The first-order chi connectivity index (χ1) is 17.9. The van der Waals surface area contributed by atoms with Gasteiger partial charge >= 0.3 is 6.09 Å². The number of alkyl carbamates (subject to hydrolysis) is 1. The van der Waals surface area contributed by atoms with Crippen LogP contribution in [0.2, 0.25) is 5.02 Å². The van der Waals surface area contributed by atoms with Gasteiger partial charge in [-0.1, -0.05) is 42.8 Å². The van der Waals surface area contributed by atoms with E-state index < -0.39 is 41.8 Å². The molecule has 3 N–H and O–H groups in total. The SMILES string of the molecule is COc1cc2cc(c1Cl)N(C)C(=O)C[C@H](O)[C@]1(C)O[C@H]1[C@H](C)[C@@H]1C[C@@](O)(NC(=O)O1)[C@H](OC)/C=C/C=C/C2. The first-order valence-corrected chi connectivity index (χ1v) is 12.9. The van der Waals surface area contributed by atoms with Gasteiger partial charge in [0.15, 0.2) is 5.72 Å². The molecule has 11 heteroatoms. The third-order valence-electron chi connectivity index (χ3n) is 7.72. The second-order valence-electron chi connectivity index (χ2n) is 10.3. The molecule has 38 heavy (non-hydrogen) atoms. The predicted molar refractivity (Wildman–Crippen MR) is 140 cm³/mol. The number of aliphatic hydroxyl groups is 2. The molecule has 0 unspecified atom stereocenters. The number of fused-ring (bicyclic) bond motifs is 5. The second-order valence-corrected chi connectivity index (χ2v) is 10.6. The highest BCUT2D eigenvalue weighted by molar-refractivity contribution is 6.35. The van der Waals surface area contributed by atoms with E-state index in [4.69, 9.17) is 30.5 Å². The van der Waals surface area contributed by atoms with Crippen molar-refractivity contribution >= 4 is 29.3 Å². The fourth-order valence-electron chi connectivity index (χ4n) is 5.22. The number of ether oxygens (including phenoxy) is 4. The van der Waals surface area contributed by atoms with Crippen molar-refractivity contribution in [1.82, 2.24) is 5.32 Å². The van der Waals surface area contributed by atoms with Crippen LogP contribution in [0.5, 0.6) is 5.75 Å². The third kappa shape index (κ3) is 5.41. The number of rotatable bonds is 2. The molecule has 7 atom stereocenters. The van der Waals surface area contributed by atoms with Gasteiger partial charge in [0.25, 0.3) is 0 Å². The van der Waals surface area contributed by atoms with Crippen LogP contribution in [0.1, 0.15) is 32.3 Å². The van der Waals surface area contributed by atoms with E-state index in [2.05, 4.69) is 5.32 Å². The van der Waals surface area contributed by atoms with Gasteiger partial charge in [-0.15, -0.1) is 0 Å². The number of nitrogens with zero attached hydrogens (tertiary/aromatic N) is 1. The highest BCUT2D eigenvalue weighted by Gasteiger charge is 2.62. The first kappa shape index (κ1) is 28.4. The van der Waals surface area contributed by atoms with Crippen LogP contribution in [0.15, 0.2) is 36.4 Å². The molecule has 0 aliphatic carbocycles. The molecule has 0 spiro atoms. The van der Waals surface area contributed by atoms with Crippen molar-refractivity contribution in [2.45, 2.75) is 68.9 Å². The smallest absolute Gasteiger partial charge is 0.409 e. The van der Waals surface area contributed by atoms with Crippen LogP contribution in [0, 0.1) is 5.92 Å². The molecule has 2 amide bonds. The molecule has 3 aliphatic heterocycles. The van der Waals surface area contributed by atoms with Gasteiger partial charge in [0, 0.05) is 26.5 Å². The number of hydrogen-bond donors (Lipinski definition) is 3. The highest BCUT2D eigenvalue weighted by atomic mass is 35.5. The van der Waals surface area contributed by atoms with Crippen LogP contribution < -0.4 is 15.0 Å². The van der Waals surface area contributed by atoms with Gasteiger partial charge in [0.1, 0.15) is 28.6 Å². The normalized spacial score (nSPS) is 37.5. The lowest BCUT2D eigenvalue weighted by Crippen LogP contribution is -2.63. The number of carbonyl (C=O) groups excluding carboxylic acids is 2. The number of benzene rings is 1. The Labute approximate surface area is 227 Å². The zero-order chi connectivity index (χ0) is 27.8. The Morgan fingerprint density at radius 2 is 1.97 bits per heavy atom. The van der Waals surface area contributed by atoms with E-state index in [0.717, 1.165) is 5.56 Å². The Bertz CT molecular complexity index is 1140. The summed E-state index contributed by atoms with van der Waals surface area (Å²) in [7, 11) is 4.54. The summed E-state index contributed by atoms with van der Waals surface area (Å²) in [5, 5.41) is 25.2. The van der Waals surface area contributed by atoms with Gasteiger partial charge in [-0.2, -0.15) is 0 Å². The van der Waals surface area contributed by atoms with Gasteiger partial charge < -0.3 is 34.1 Å². The number of halogens is 1. The fourth-order valence-corrected chi connectivity index (χ4v) is 5.54. The molecule has 3 heterocycles. The Hall–Kier alpha value is -2.63. The summed E-state index contributed by atoms with van der Waals surface area (Å²) < 4.78 is 22.3. The Morgan fingerprint density at radius 1 is 1.24 bits per heavy atom. The number of nitrogens with one attached hydrogen (secondary N) is 1. The zero-order valence-electron chi connectivity index (χ0n) is 22.1. The molecule has 208 valence electrons. The molecule has 2 fully saturated rings. The lowest BCUT2D eigenvalue weighted by atomic mass is 9.84. The van der Waals surface area contributed by atoms with E-state index >= 15 is 0 Å². The summed E-state index contributed by atoms with van der Waals surface area (Å²) in [5.74, 6) is -0.326. The molecule has 1 aromatic rings. The number of hydrogen-bond acceptors (Lipinski definition) is 8. The lowest BCUT2D eigenvalue weighted by molar-refractivity contribution is -0.142. The summed E-state index contributed by atoms with van der Waals surface area (Å²) in [5.41, 5.74) is -1.46. The molecule has 10 nitrogen and oxygen atoms in total. The number of carbonyl (C=O) groups is 2. The van der Waals surface area contributed by atoms with Crippen LogP contribution in [0.25, 0.3) is 0 Å². The van der Waals surface area contributed by atoms with Crippen LogP contribution in [0.4, 0.5) is 10.5 Å². The van der Waals surface area contributed by atoms with Crippen molar-refractivity contribution in [2.24, 2.45) is 5.92 Å². The largest absolute Gasteiger partial charge is 0.495 e.